The van der Waals surface area contributed by atoms with E-state index < -0.39 is 11.9 Å². The molecule has 148 valence electrons. The van der Waals surface area contributed by atoms with Crippen LogP contribution in [0.4, 0.5) is 5.69 Å². The average Bonchev–Trinajstić information content (AvgIpc) is 2.69. The minimum atomic E-state index is -0.637. The number of amides is 1. The number of carbonyl (C=O) groups excluding carboxylic acids is 3. The molecular formula is C19H17Cl2NO5S. The van der Waals surface area contributed by atoms with Gasteiger partial charge in [0.2, 0.25) is 5.91 Å². The van der Waals surface area contributed by atoms with Gasteiger partial charge in [0.1, 0.15) is 0 Å². The van der Waals surface area contributed by atoms with Gasteiger partial charge in [0.25, 0.3) is 0 Å². The van der Waals surface area contributed by atoms with Crippen molar-refractivity contribution in [2.75, 3.05) is 25.3 Å². The van der Waals surface area contributed by atoms with Gasteiger partial charge in [-0.25, -0.2) is 9.59 Å². The molecule has 0 aliphatic carbocycles. The summed E-state index contributed by atoms with van der Waals surface area (Å²) < 4.78 is 9.37. The lowest BCUT2D eigenvalue weighted by Crippen LogP contribution is -2.18. The second-order valence-electron chi connectivity index (χ2n) is 5.48. The number of methoxy groups -OCH3 is 2. The van der Waals surface area contributed by atoms with Crippen LogP contribution in [0.5, 0.6) is 0 Å². The maximum Gasteiger partial charge on any atom is 0.339 e. The van der Waals surface area contributed by atoms with Crippen LogP contribution in [0.3, 0.4) is 0 Å². The summed E-state index contributed by atoms with van der Waals surface area (Å²) >= 11 is 13.5. The number of hydrogen-bond donors (Lipinski definition) is 1. The summed E-state index contributed by atoms with van der Waals surface area (Å²) in [6.45, 7) is 0. The van der Waals surface area contributed by atoms with Crippen molar-refractivity contribution >= 4 is 58.5 Å². The van der Waals surface area contributed by atoms with Gasteiger partial charge in [0.15, 0.2) is 0 Å². The summed E-state index contributed by atoms with van der Waals surface area (Å²) in [6, 6.07) is 9.38. The Morgan fingerprint density at radius 2 is 1.64 bits per heavy atom. The van der Waals surface area contributed by atoms with Crippen molar-refractivity contribution in [2.24, 2.45) is 0 Å². The highest BCUT2D eigenvalue weighted by Crippen LogP contribution is 2.28. The van der Waals surface area contributed by atoms with E-state index in [0.29, 0.717) is 15.8 Å². The van der Waals surface area contributed by atoms with Crippen LogP contribution < -0.4 is 5.32 Å². The fourth-order valence-electron chi connectivity index (χ4n) is 2.28. The van der Waals surface area contributed by atoms with Crippen LogP contribution in [0.1, 0.15) is 26.3 Å². The first kappa shape index (κ1) is 22.1. The topological polar surface area (TPSA) is 81.7 Å². The van der Waals surface area contributed by atoms with E-state index >= 15 is 0 Å². The molecule has 0 heterocycles. The molecule has 0 aromatic heterocycles. The second kappa shape index (κ2) is 10.4. The molecule has 6 nitrogen and oxygen atoms in total. The van der Waals surface area contributed by atoms with E-state index in [1.807, 2.05) is 0 Å². The Labute approximate surface area is 176 Å². The Balaban J connectivity index is 2.09. The van der Waals surface area contributed by atoms with Gasteiger partial charge in [-0.05, 0) is 35.9 Å². The van der Waals surface area contributed by atoms with Crippen LogP contribution in [0.15, 0.2) is 36.4 Å². The minimum Gasteiger partial charge on any atom is -0.465 e. The number of benzene rings is 2. The maximum atomic E-state index is 12.3. The molecule has 9 heteroatoms. The minimum absolute atomic E-state index is 0.0879. The number of thioether (sulfide) groups is 1. The summed E-state index contributed by atoms with van der Waals surface area (Å²) in [4.78, 5) is 36.0. The fourth-order valence-corrected chi connectivity index (χ4v) is 3.85. The van der Waals surface area contributed by atoms with Crippen LogP contribution in [-0.4, -0.2) is 37.8 Å². The molecule has 0 unspecified atom stereocenters. The zero-order valence-corrected chi connectivity index (χ0v) is 17.4. The molecule has 0 spiro atoms. The highest BCUT2D eigenvalue weighted by Gasteiger charge is 2.17. The van der Waals surface area contributed by atoms with Crippen LogP contribution in [0.25, 0.3) is 0 Å². The average molecular weight is 442 g/mol. The highest BCUT2D eigenvalue weighted by atomic mass is 35.5. The predicted molar refractivity (Wildman–Crippen MR) is 110 cm³/mol. The third-order valence-corrected chi connectivity index (χ3v) is 5.33. The number of ether oxygens (including phenoxy) is 2. The lowest BCUT2D eigenvalue weighted by Gasteiger charge is -2.12. The van der Waals surface area contributed by atoms with Crippen LogP contribution in [-0.2, 0) is 20.0 Å². The van der Waals surface area contributed by atoms with Gasteiger partial charge in [-0.3, -0.25) is 4.79 Å². The van der Waals surface area contributed by atoms with E-state index in [2.05, 4.69) is 10.1 Å². The van der Waals surface area contributed by atoms with Gasteiger partial charge in [0, 0.05) is 15.8 Å². The zero-order valence-electron chi connectivity index (χ0n) is 15.1. The van der Waals surface area contributed by atoms with E-state index in [1.165, 1.54) is 44.2 Å². The third-order valence-electron chi connectivity index (χ3n) is 3.66. The molecule has 0 aliphatic heterocycles. The first-order chi connectivity index (χ1) is 13.4. The Morgan fingerprint density at radius 1 is 1.00 bits per heavy atom. The third kappa shape index (κ3) is 5.64. The molecule has 2 aromatic carbocycles. The SMILES string of the molecule is COC(=O)c1ccc(C(=O)OC)c(NC(=O)CSCc2c(Cl)cccc2Cl)c1. The molecule has 28 heavy (non-hydrogen) atoms. The molecule has 1 N–H and O–H groups in total. The Bertz CT molecular complexity index is 884. The largest absolute Gasteiger partial charge is 0.465 e. The summed E-state index contributed by atoms with van der Waals surface area (Å²) in [6.07, 6.45) is 0. The smallest absolute Gasteiger partial charge is 0.339 e. The number of hydrogen-bond acceptors (Lipinski definition) is 6. The number of esters is 2. The standard InChI is InChI=1S/C19H17Cl2NO5S/c1-26-18(24)11-6-7-12(19(25)27-2)16(8-11)22-17(23)10-28-9-13-14(20)4-3-5-15(13)21/h3-8H,9-10H2,1-2H3,(H,22,23). The number of halogens is 2. The second-order valence-corrected chi connectivity index (χ2v) is 7.28. The number of rotatable bonds is 7. The number of anilines is 1. The molecule has 2 aromatic rings. The molecule has 1 amide bonds. The van der Waals surface area contributed by atoms with Gasteiger partial charge >= 0.3 is 11.9 Å². The van der Waals surface area contributed by atoms with Crippen LogP contribution >= 0.6 is 35.0 Å². The molecule has 0 fully saturated rings. The van der Waals surface area contributed by atoms with Gasteiger partial charge in [-0.1, -0.05) is 29.3 Å². The van der Waals surface area contributed by atoms with Crippen molar-refractivity contribution in [1.82, 2.24) is 0 Å². The van der Waals surface area contributed by atoms with Crippen LogP contribution in [0.2, 0.25) is 10.0 Å². The molecule has 0 saturated carbocycles. The summed E-state index contributed by atoms with van der Waals surface area (Å²) in [7, 11) is 2.47. The molecule has 0 radical (unpaired) electrons. The van der Waals surface area contributed by atoms with Crippen molar-refractivity contribution in [3.63, 3.8) is 0 Å². The zero-order chi connectivity index (χ0) is 20.7. The first-order valence-electron chi connectivity index (χ1n) is 7.98. The fraction of sp³-hybridized carbons (Fsp3) is 0.211. The Morgan fingerprint density at radius 3 is 2.25 bits per heavy atom. The van der Waals surface area contributed by atoms with Crippen molar-refractivity contribution in [1.29, 1.82) is 0 Å². The number of nitrogens with one attached hydrogen (secondary N) is 1. The van der Waals surface area contributed by atoms with Gasteiger partial charge in [0.05, 0.1) is 36.8 Å². The van der Waals surface area contributed by atoms with E-state index in [-0.39, 0.29) is 28.5 Å². The molecule has 0 atom stereocenters. The summed E-state index contributed by atoms with van der Waals surface area (Å²) in [5.41, 5.74) is 1.23. The van der Waals surface area contributed by atoms with Crippen LogP contribution in [0, 0.1) is 0 Å². The van der Waals surface area contributed by atoms with Crippen molar-refractivity contribution < 1.29 is 23.9 Å². The Kier molecular flexibility index (Phi) is 8.17. The lowest BCUT2D eigenvalue weighted by molar-refractivity contribution is -0.113. The highest BCUT2D eigenvalue weighted by molar-refractivity contribution is 7.99. The molecule has 0 saturated heterocycles. The molecule has 0 bridgehead atoms. The maximum absolute atomic E-state index is 12.3. The first-order valence-corrected chi connectivity index (χ1v) is 9.89. The van der Waals surface area contributed by atoms with Gasteiger partial charge in [-0.15, -0.1) is 11.8 Å². The van der Waals surface area contributed by atoms with Crippen molar-refractivity contribution in [3.8, 4) is 0 Å². The van der Waals surface area contributed by atoms with Gasteiger partial charge in [-0.2, -0.15) is 0 Å². The monoisotopic (exact) mass is 441 g/mol. The van der Waals surface area contributed by atoms with Crippen molar-refractivity contribution in [2.45, 2.75) is 5.75 Å². The number of carbonyl (C=O) groups is 3. The molecular weight excluding hydrogens is 425 g/mol. The quantitative estimate of drug-likeness (QED) is 0.639. The normalized spacial score (nSPS) is 10.3. The lowest BCUT2D eigenvalue weighted by atomic mass is 10.1. The molecule has 0 aliphatic rings. The van der Waals surface area contributed by atoms with E-state index in [4.69, 9.17) is 27.9 Å². The summed E-state index contributed by atoms with van der Waals surface area (Å²) in [5, 5.41) is 3.68. The Hall–Kier alpha value is -2.22. The van der Waals surface area contributed by atoms with Gasteiger partial charge < -0.3 is 14.8 Å². The van der Waals surface area contributed by atoms with E-state index in [0.717, 1.165) is 5.56 Å². The molecule has 2 rings (SSSR count). The predicted octanol–water partition coefficient (Wildman–Crippen LogP) is 4.44. The van der Waals surface area contributed by atoms with E-state index in [9.17, 15) is 14.4 Å². The summed E-state index contributed by atoms with van der Waals surface area (Å²) in [5.74, 6) is -1.06. The van der Waals surface area contributed by atoms with Crippen molar-refractivity contribution in [3.05, 3.63) is 63.1 Å². The van der Waals surface area contributed by atoms with E-state index in [1.54, 1.807) is 18.2 Å².